The summed E-state index contributed by atoms with van der Waals surface area (Å²) in [5.74, 6) is -0.376. The zero-order chi connectivity index (χ0) is 28.6. The standard InChI is InChI=1S/C29H39Cl2N3O4S/c1-4-27(29(36)32-23-9-6-5-7-10-23)33(20-22-14-17-25(30)26(31)19-22)28(35)11-8-18-34(39(3,37)38)24-15-12-21(2)13-16-24/h12-17,19,23,27H,4-11,18,20H2,1-3H3,(H,32,36). The van der Waals surface area contributed by atoms with E-state index in [1.807, 2.05) is 26.0 Å². The highest BCUT2D eigenvalue weighted by Gasteiger charge is 2.30. The number of benzene rings is 2. The maximum atomic E-state index is 13.6. The predicted molar refractivity (Wildman–Crippen MR) is 159 cm³/mol. The van der Waals surface area contributed by atoms with Gasteiger partial charge in [-0.3, -0.25) is 13.9 Å². The third kappa shape index (κ3) is 9.12. The molecule has 3 rings (SSSR count). The second-order valence-corrected chi connectivity index (χ2v) is 13.0. The van der Waals surface area contributed by atoms with E-state index in [1.54, 1.807) is 35.2 Å². The van der Waals surface area contributed by atoms with Gasteiger partial charge in [0.05, 0.1) is 22.0 Å². The van der Waals surface area contributed by atoms with E-state index in [0.717, 1.165) is 43.1 Å². The van der Waals surface area contributed by atoms with E-state index in [9.17, 15) is 18.0 Å². The number of carbonyl (C=O) groups excluding carboxylic acids is 2. The topological polar surface area (TPSA) is 86.8 Å². The zero-order valence-corrected chi connectivity index (χ0v) is 25.3. The molecule has 1 aliphatic carbocycles. The fourth-order valence-corrected chi connectivity index (χ4v) is 6.30. The summed E-state index contributed by atoms with van der Waals surface area (Å²) in [5.41, 5.74) is 2.35. The van der Waals surface area contributed by atoms with Gasteiger partial charge in [0.15, 0.2) is 0 Å². The lowest BCUT2D eigenvalue weighted by molar-refractivity contribution is -0.141. The largest absolute Gasteiger partial charge is 0.352 e. The minimum Gasteiger partial charge on any atom is -0.352 e. The number of sulfonamides is 1. The first-order chi connectivity index (χ1) is 18.5. The first-order valence-electron chi connectivity index (χ1n) is 13.6. The lowest BCUT2D eigenvalue weighted by Gasteiger charge is -2.33. The van der Waals surface area contributed by atoms with E-state index in [0.29, 0.717) is 28.6 Å². The summed E-state index contributed by atoms with van der Waals surface area (Å²) in [6.07, 6.45) is 7.26. The number of hydrogen-bond acceptors (Lipinski definition) is 4. The maximum absolute atomic E-state index is 13.6. The normalized spacial score (nSPS) is 15.0. The molecule has 0 saturated heterocycles. The molecule has 1 N–H and O–H groups in total. The van der Waals surface area contributed by atoms with Gasteiger partial charge in [-0.1, -0.05) is 73.2 Å². The lowest BCUT2D eigenvalue weighted by Crippen LogP contribution is -2.51. The van der Waals surface area contributed by atoms with Crippen molar-refractivity contribution in [2.24, 2.45) is 0 Å². The summed E-state index contributed by atoms with van der Waals surface area (Å²) in [6.45, 7) is 4.17. The number of nitrogens with zero attached hydrogens (tertiary/aromatic N) is 2. The Morgan fingerprint density at radius 1 is 1.03 bits per heavy atom. The number of hydrogen-bond donors (Lipinski definition) is 1. The first kappa shape index (κ1) is 31.2. The molecule has 39 heavy (non-hydrogen) atoms. The van der Waals surface area contributed by atoms with Crippen molar-refractivity contribution in [3.05, 3.63) is 63.6 Å². The van der Waals surface area contributed by atoms with Crippen molar-refractivity contribution in [2.45, 2.75) is 83.8 Å². The molecule has 1 aliphatic rings. The van der Waals surface area contributed by atoms with Crippen molar-refractivity contribution in [3.63, 3.8) is 0 Å². The third-order valence-electron chi connectivity index (χ3n) is 7.15. The number of carbonyl (C=O) groups is 2. The van der Waals surface area contributed by atoms with Crippen LogP contribution in [-0.2, 0) is 26.2 Å². The highest BCUT2D eigenvalue weighted by molar-refractivity contribution is 7.92. The molecule has 1 saturated carbocycles. The van der Waals surface area contributed by atoms with E-state index in [4.69, 9.17) is 23.2 Å². The first-order valence-corrected chi connectivity index (χ1v) is 16.2. The van der Waals surface area contributed by atoms with Crippen LogP contribution in [0.25, 0.3) is 0 Å². The van der Waals surface area contributed by atoms with Crippen LogP contribution in [0.15, 0.2) is 42.5 Å². The Hall–Kier alpha value is -2.29. The average molecular weight is 597 g/mol. The summed E-state index contributed by atoms with van der Waals surface area (Å²) in [7, 11) is -3.54. The molecule has 0 aliphatic heterocycles. The number of nitrogens with one attached hydrogen (secondary N) is 1. The molecule has 0 bridgehead atoms. The van der Waals surface area contributed by atoms with Crippen LogP contribution in [-0.4, -0.2) is 50.0 Å². The number of amides is 2. The van der Waals surface area contributed by atoms with Crippen LogP contribution < -0.4 is 9.62 Å². The second-order valence-electron chi connectivity index (χ2n) is 10.3. The predicted octanol–water partition coefficient (Wildman–Crippen LogP) is 6.10. The summed E-state index contributed by atoms with van der Waals surface area (Å²) in [4.78, 5) is 28.6. The fraction of sp³-hybridized carbons (Fsp3) is 0.517. The van der Waals surface area contributed by atoms with E-state index < -0.39 is 16.1 Å². The van der Waals surface area contributed by atoms with E-state index in [-0.39, 0.29) is 37.4 Å². The molecule has 1 atom stereocenters. The highest BCUT2D eigenvalue weighted by Crippen LogP contribution is 2.25. The van der Waals surface area contributed by atoms with Crippen molar-refractivity contribution in [3.8, 4) is 0 Å². The maximum Gasteiger partial charge on any atom is 0.243 e. The Morgan fingerprint density at radius 3 is 2.28 bits per heavy atom. The summed E-state index contributed by atoms with van der Waals surface area (Å²) >= 11 is 12.3. The monoisotopic (exact) mass is 595 g/mol. The van der Waals surface area contributed by atoms with Crippen molar-refractivity contribution in [1.29, 1.82) is 0 Å². The number of anilines is 1. The van der Waals surface area contributed by atoms with Crippen LogP contribution in [0.3, 0.4) is 0 Å². The van der Waals surface area contributed by atoms with Gasteiger partial charge in [0.2, 0.25) is 21.8 Å². The molecule has 214 valence electrons. The van der Waals surface area contributed by atoms with Gasteiger partial charge < -0.3 is 10.2 Å². The Balaban J connectivity index is 1.77. The van der Waals surface area contributed by atoms with Crippen LogP contribution in [0.5, 0.6) is 0 Å². The molecule has 10 heteroatoms. The molecule has 1 unspecified atom stereocenters. The molecule has 0 aromatic heterocycles. The van der Waals surface area contributed by atoms with Crippen LogP contribution in [0.1, 0.15) is 69.4 Å². The summed E-state index contributed by atoms with van der Waals surface area (Å²) < 4.78 is 26.3. The SMILES string of the molecule is CCC(C(=O)NC1CCCCC1)N(Cc1ccc(Cl)c(Cl)c1)C(=O)CCCN(c1ccc(C)cc1)S(C)(=O)=O. The van der Waals surface area contributed by atoms with E-state index in [2.05, 4.69) is 5.32 Å². The minimum absolute atomic E-state index is 0.0897. The van der Waals surface area contributed by atoms with Crippen molar-refractivity contribution >= 4 is 50.7 Å². The zero-order valence-electron chi connectivity index (χ0n) is 23.0. The lowest BCUT2D eigenvalue weighted by atomic mass is 9.95. The number of halogens is 2. The molecular weight excluding hydrogens is 557 g/mol. The second kappa shape index (κ2) is 14.4. The van der Waals surface area contributed by atoms with Crippen molar-refractivity contribution in [2.75, 3.05) is 17.1 Å². The van der Waals surface area contributed by atoms with Gasteiger partial charge in [0, 0.05) is 25.6 Å². The van der Waals surface area contributed by atoms with Crippen LogP contribution in [0.4, 0.5) is 5.69 Å². The van der Waals surface area contributed by atoms with Crippen LogP contribution in [0, 0.1) is 6.92 Å². The van der Waals surface area contributed by atoms with E-state index >= 15 is 0 Å². The fourth-order valence-electron chi connectivity index (χ4n) is 5.01. The summed E-state index contributed by atoms with van der Waals surface area (Å²) in [6, 6.07) is 11.9. The number of rotatable bonds is 12. The van der Waals surface area contributed by atoms with Gasteiger partial charge in [-0.15, -0.1) is 0 Å². The Kier molecular flexibility index (Phi) is 11.5. The molecular formula is C29H39Cl2N3O4S. The van der Waals surface area contributed by atoms with Crippen molar-refractivity contribution in [1.82, 2.24) is 10.2 Å². The highest BCUT2D eigenvalue weighted by atomic mass is 35.5. The molecule has 2 aromatic carbocycles. The summed E-state index contributed by atoms with van der Waals surface area (Å²) in [5, 5.41) is 3.96. The van der Waals surface area contributed by atoms with Crippen LogP contribution >= 0.6 is 23.2 Å². The third-order valence-corrected chi connectivity index (χ3v) is 9.08. The van der Waals surface area contributed by atoms with Gasteiger partial charge in [-0.25, -0.2) is 8.42 Å². The van der Waals surface area contributed by atoms with Gasteiger partial charge >= 0.3 is 0 Å². The minimum atomic E-state index is -3.54. The van der Waals surface area contributed by atoms with Crippen LogP contribution in [0.2, 0.25) is 10.0 Å². The molecule has 2 aromatic rings. The Morgan fingerprint density at radius 2 is 1.69 bits per heavy atom. The van der Waals surface area contributed by atoms with Gasteiger partial charge in [0.1, 0.15) is 6.04 Å². The molecule has 0 radical (unpaired) electrons. The average Bonchev–Trinajstić information content (AvgIpc) is 2.89. The van der Waals surface area contributed by atoms with Gasteiger partial charge in [-0.2, -0.15) is 0 Å². The molecule has 2 amide bonds. The van der Waals surface area contributed by atoms with Gasteiger partial charge in [0.25, 0.3) is 0 Å². The molecule has 0 spiro atoms. The Labute approximate surface area is 242 Å². The van der Waals surface area contributed by atoms with Gasteiger partial charge in [-0.05, 0) is 62.4 Å². The Bertz CT molecular complexity index is 1230. The number of aryl methyl sites for hydroxylation is 1. The van der Waals surface area contributed by atoms with E-state index in [1.165, 1.54) is 10.7 Å². The molecule has 1 fully saturated rings. The molecule has 7 nitrogen and oxygen atoms in total. The smallest absolute Gasteiger partial charge is 0.243 e. The van der Waals surface area contributed by atoms with Crippen molar-refractivity contribution < 1.29 is 18.0 Å². The molecule has 0 heterocycles. The quantitative estimate of drug-likeness (QED) is 0.321.